The van der Waals surface area contributed by atoms with E-state index in [1.165, 1.54) is 31.2 Å². The summed E-state index contributed by atoms with van der Waals surface area (Å²) in [4.78, 5) is 0. The molecule has 0 saturated heterocycles. The summed E-state index contributed by atoms with van der Waals surface area (Å²) in [5.74, 6) is 0.890. The lowest BCUT2D eigenvalue weighted by atomic mass is 9.75. The molecule has 0 bridgehead atoms. The first-order valence-electron chi connectivity index (χ1n) is 7.75. The third-order valence-electron chi connectivity index (χ3n) is 4.28. The summed E-state index contributed by atoms with van der Waals surface area (Å²) in [7, 11) is 0. The standard InChI is InChI=1S/C17H25Br2NO/c1-4-21-16-14(18)9-12(10-15(16)19)11-20-13-5-7-17(2,3)8-6-13/h9-10,13,20H,4-8,11H2,1-3H3. The van der Waals surface area contributed by atoms with E-state index in [0.29, 0.717) is 18.1 Å². The molecule has 1 aromatic rings. The van der Waals surface area contributed by atoms with E-state index >= 15 is 0 Å². The summed E-state index contributed by atoms with van der Waals surface area (Å²) in [6.07, 6.45) is 5.21. The van der Waals surface area contributed by atoms with Gasteiger partial charge in [0, 0.05) is 12.6 Å². The summed E-state index contributed by atoms with van der Waals surface area (Å²) in [5.41, 5.74) is 1.81. The highest BCUT2D eigenvalue weighted by Gasteiger charge is 2.26. The Morgan fingerprint density at radius 3 is 2.29 bits per heavy atom. The van der Waals surface area contributed by atoms with Crippen molar-refractivity contribution in [3.63, 3.8) is 0 Å². The van der Waals surface area contributed by atoms with E-state index in [4.69, 9.17) is 4.74 Å². The van der Waals surface area contributed by atoms with Crippen molar-refractivity contribution < 1.29 is 4.74 Å². The Morgan fingerprint density at radius 2 is 1.76 bits per heavy atom. The molecule has 0 radical (unpaired) electrons. The summed E-state index contributed by atoms with van der Waals surface area (Å²) in [6.45, 7) is 8.34. The summed E-state index contributed by atoms with van der Waals surface area (Å²) >= 11 is 7.19. The van der Waals surface area contributed by atoms with Crippen LogP contribution in [-0.4, -0.2) is 12.6 Å². The minimum atomic E-state index is 0.531. The van der Waals surface area contributed by atoms with Crippen LogP contribution < -0.4 is 10.1 Å². The molecule has 0 unspecified atom stereocenters. The molecular weight excluding hydrogens is 394 g/mol. The summed E-state index contributed by atoms with van der Waals surface area (Å²) < 4.78 is 7.65. The Balaban J connectivity index is 1.92. The van der Waals surface area contributed by atoms with Crippen molar-refractivity contribution in [2.45, 2.75) is 59.0 Å². The molecule has 2 rings (SSSR count). The number of ether oxygens (including phenoxy) is 1. The van der Waals surface area contributed by atoms with Crippen LogP contribution in [-0.2, 0) is 6.54 Å². The van der Waals surface area contributed by atoms with E-state index in [0.717, 1.165) is 21.2 Å². The molecule has 0 aromatic heterocycles. The monoisotopic (exact) mass is 417 g/mol. The van der Waals surface area contributed by atoms with Gasteiger partial charge in [-0.25, -0.2) is 0 Å². The molecule has 1 aromatic carbocycles. The molecule has 4 heteroatoms. The van der Waals surface area contributed by atoms with Crippen LogP contribution in [0.1, 0.15) is 52.0 Å². The van der Waals surface area contributed by atoms with Crippen LogP contribution in [0.3, 0.4) is 0 Å². The lowest BCUT2D eigenvalue weighted by molar-refractivity contribution is 0.206. The van der Waals surface area contributed by atoms with Crippen LogP contribution >= 0.6 is 31.9 Å². The Kier molecular flexibility index (Phi) is 6.15. The molecule has 0 amide bonds. The second kappa shape index (κ2) is 7.47. The average Bonchev–Trinajstić information content (AvgIpc) is 2.42. The van der Waals surface area contributed by atoms with E-state index in [1.807, 2.05) is 6.92 Å². The van der Waals surface area contributed by atoms with E-state index in [-0.39, 0.29) is 0 Å². The van der Waals surface area contributed by atoms with Crippen LogP contribution in [0.4, 0.5) is 0 Å². The SMILES string of the molecule is CCOc1c(Br)cc(CNC2CCC(C)(C)CC2)cc1Br. The Morgan fingerprint density at radius 1 is 1.19 bits per heavy atom. The molecule has 1 aliphatic carbocycles. The highest BCUT2D eigenvalue weighted by Crippen LogP contribution is 2.36. The number of rotatable bonds is 5. The average molecular weight is 419 g/mol. The lowest BCUT2D eigenvalue weighted by Crippen LogP contribution is -2.35. The topological polar surface area (TPSA) is 21.3 Å². The minimum absolute atomic E-state index is 0.531. The Hall–Kier alpha value is -0.0600. The minimum Gasteiger partial charge on any atom is -0.492 e. The van der Waals surface area contributed by atoms with Crippen molar-refractivity contribution in [2.75, 3.05) is 6.61 Å². The molecule has 21 heavy (non-hydrogen) atoms. The van der Waals surface area contributed by atoms with Crippen LogP contribution in [0.15, 0.2) is 21.1 Å². The molecule has 0 heterocycles. The molecule has 0 aliphatic heterocycles. The maximum Gasteiger partial charge on any atom is 0.147 e. The fraction of sp³-hybridized carbons (Fsp3) is 0.647. The Bertz CT molecular complexity index is 455. The highest BCUT2D eigenvalue weighted by molar-refractivity contribution is 9.11. The van der Waals surface area contributed by atoms with Gasteiger partial charge in [0.2, 0.25) is 0 Å². The molecule has 1 saturated carbocycles. The largest absolute Gasteiger partial charge is 0.492 e. The number of nitrogens with one attached hydrogen (secondary N) is 1. The molecule has 1 N–H and O–H groups in total. The van der Waals surface area contributed by atoms with E-state index in [1.54, 1.807) is 0 Å². The van der Waals surface area contributed by atoms with Crippen LogP contribution in [0.5, 0.6) is 5.75 Å². The van der Waals surface area contributed by atoms with Gasteiger partial charge in [-0.1, -0.05) is 13.8 Å². The van der Waals surface area contributed by atoms with Gasteiger partial charge in [-0.2, -0.15) is 0 Å². The fourth-order valence-corrected chi connectivity index (χ4v) is 4.37. The number of hydrogen-bond acceptors (Lipinski definition) is 2. The van der Waals surface area contributed by atoms with Crippen molar-refractivity contribution in [1.82, 2.24) is 5.32 Å². The van der Waals surface area contributed by atoms with Crippen LogP contribution in [0.2, 0.25) is 0 Å². The molecule has 2 nitrogen and oxygen atoms in total. The van der Waals surface area contributed by atoms with E-state index in [2.05, 4.69) is 63.2 Å². The van der Waals surface area contributed by atoms with Gasteiger partial charge in [0.05, 0.1) is 15.6 Å². The third kappa shape index (κ3) is 4.97. The highest BCUT2D eigenvalue weighted by atomic mass is 79.9. The first kappa shape index (κ1) is 17.3. The maximum atomic E-state index is 5.63. The number of halogens is 2. The van der Waals surface area contributed by atoms with Crippen molar-refractivity contribution in [2.24, 2.45) is 5.41 Å². The van der Waals surface area contributed by atoms with Crippen molar-refractivity contribution >= 4 is 31.9 Å². The zero-order valence-electron chi connectivity index (χ0n) is 13.1. The van der Waals surface area contributed by atoms with Gasteiger partial charge in [0.1, 0.15) is 5.75 Å². The molecule has 1 fully saturated rings. The zero-order valence-corrected chi connectivity index (χ0v) is 16.3. The van der Waals surface area contributed by atoms with E-state index < -0.39 is 0 Å². The molecule has 0 spiro atoms. The van der Waals surface area contributed by atoms with Crippen molar-refractivity contribution in [3.05, 3.63) is 26.6 Å². The molecule has 0 atom stereocenters. The quantitative estimate of drug-likeness (QED) is 0.665. The second-order valence-electron chi connectivity index (χ2n) is 6.64. The van der Waals surface area contributed by atoms with Gasteiger partial charge in [0.25, 0.3) is 0 Å². The van der Waals surface area contributed by atoms with Gasteiger partial charge in [0.15, 0.2) is 0 Å². The molecule has 118 valence electrons. The fourth-order valence-electron chi connectivity index (χ4n) is 2.86. The van der Waals surface area contributed by atoms with Crippen LogP contribution in [0, 0.1) is 5.41 Å². The van der Waals surface area contributed by atoms with Crippen molar-refractivity contribution in [1.29, 1.82) is 0 Å². The number of hydrogen-bond donors (Lipinski definition) is 1. The lowest BCUT2D eigenvalue weighted by Gasteiger charge is -2.34. The maximum absolute atomic E-state index is 5.63. The third-order valence-corrected chi connectivity index (χ3v) is 5.46. The first-order chi connectivity index (χ1) is 9.91. The van der Waals surface area contributed by atoms with Gasteiger partial charge in [-0.15, -0.1) is 0 Å². The van der Waals surface area contributed by atoms with Gasteiger partial charge in [-0.05, 0) is 87.6 Å². The van der Waals surface area contributed by atoms with Crippen molar-refractivity contribution in [3.8, 4) is 5.75 Å². The predicted molar refractivity (Wildman–Crippen MR) is 95.9 cm³/mol. The van der Waals surface area contributed by atoms with Gasteiger partial charge in [-0.3, -0.25) is 0 Å². The molecular formula is C17H25Br2NO. The van der Waals surface area contributed by atoms with Crippen LogP contribution in [0.25, 0.3) is 0 Å². The zero-order chi connectivity index (χ0) is 15.5. The van der Waals surface area contributed by atoms with Gasteiger partial charge < -0.3 is 10.1 Å². The number of benzene rings is 1. The van der Waals surface area contributed by atoms with Gasteiger partial charge >= 0.3 is 0 Å². The van der Waals surface area contributed by atoms with E-state index in [9.17, 15) is 0 Å². The first-order valence-corrected chi connectivity index (χ1v) is 9.34. The molecule has 1 aliphatic rings. The summed E-state index contributed by atoms with van der Waals surface area (Å²) in [5, 5.41) is 3.70. The Labute approximate surface area is 145 Å². The summed E-state index contributed by atoms with van der Waals surface area (Å²) in [6, 6.07) is 4.95. The normalized spacial score (nSPS) is 18.7. The smallest absolute Gasteiger partial charge is 0.147 e. The second-order valence-corrected chi connectivity index (χ2v) is 8.35. The predicted octanol–water partition coefficient (Wildman–Crippen LogP) is 5.67.